The number of aliphatic carboxylic acids is 1. The first kappa shape index (κ1) is 16.6. The van der Waals surface area contributed by atoms with Crippen LogP contribution in [0.25, 0.3) is 10.2 Å². The summed E-state index contributed by atoms with van der Waals surface area (Å²) in [7, 11) is 1.66. The summed E-state index contributed by atoms with van der Waals surface area (Å²) in [5, 5.41) is 11.0. The molecule has 2 aromatic heterocycles. The van der Waals surface area contributed by atoms with E-state index >= 15 is 0 Å². The third kappa shape index (κ3) is 3.33. The Morgan fingerprint density at radius 1 is 1.42 bits per heavy atom. The number of carboxylic acids is 1. The summed E-state index contributed by atoms with van der Waals surface area (Å²) in [6.45, 7) is 0.202. The number of H-pyrrole nitrogens is 1. The van der Waals surface area contributed by atoms with Crippen LogP contribution in [-0.2, 0) is 16.1 Å². The largest absolute Gasteiger partial charge is 0.481 e. The molecule has 2 unspecified atom stereocenters. The Hall–Kier alpha value is -2.22. The molecule has 1 saturated carbocycles. The minimum Gasteiger partial charge on any atom is -0.481 e. The number of carboxylic acid groups (broad SMARTS) is 1. The van der Waals surface area contributed by atoms with Crippen LogP contribution in [0.15, 0.2) is 16.2 Å². The van der Waals surface area contributed by atoms with Crippen molar-refractivity contribution in [1.82, 2.24) is 14.9 Å². The molecule has 0 spiro atoms. The zero-order valence-electron chi connectivity index (χ0n) is 13.3. The Morgan fingerprint density at radius 2 is 2.17 bits per heavy atom. The molecule has 2 atom stereocenters. The number of thiophene rings is 1. The number of aromatic nitrogens is 2. The van der Waals surface area contributed by atoms with Crippen LogP contribution in [-0.4, -0.2) is 38.9 Å². The lowest BCUT2D eigenvalue weighted by atomic mass is 9.81. The second-order valence-electron chi connectivity index (χ2n) is 6.24. The van der Waals surface area contributed by atoms with Crippen LogP contribution in [0.3, 0.4) is 0 Å². The molecule has 7 nitrogen and oxygen atoms in total. The zero-order valence-corrected chi connectivity index (χ0v) is 14.1. The molecule has 0 aromatic carbocycles. The molecule has 0 aliphatic heterocycles. The average Bonchev–Trinajstić information content (AvgIpc) is 3.03. The summed E-state index contributed by atoms with van der Waals surface area (Å²) in [5.74, 6) is -1.20. The highest BCUT2D eigenvalue weighted by Crippen LogP contribution is 2.30. The minimum absolute atomic E-state index is 0.0889. The summed E-state index contributed by atoms with van der Waals surface area (Å²) in [6.07, 6.45) is 2.47. The van der Waals surface area contributed by atoms with E-state index in [-0.39, 0.29) is 23.9 Å². The smallest absolute Gasteiger partial charge is 0.306 e. The van der Waals surface area contributed by atoms with Gasteiger partial charge >= 0.3 is 5.97 Å². The Bertz CT molecular complexity index is 828. The lowest BCUT2D eigenvalue weighted by Crippen LogP contribution is -2.37. The third-order valence-electron chi connectivity index (χ3n) is 4.50. The third-order valence-corrected chi connectivity index (χ3v) is 5.40. The fraction of sp³-hybridized carbons (Fsp3) is 0.500. The standard InChI is InChI=1S/C16H19N3O4S/c1-19(15(21)9-3-2-4-10(7-9)16(22)23)8-12-17-11-5-6-24-13(11)14(20)18-12/h5-6,9-10H,2-4,7-8H2,1H3,(H,22,23)(H,17,18,20). The van der Waals surface area contributed by atoms with Crippen molar-refractivity contribution in [3.05, 3.63) is 27.6 Å². The molecular weight excluding hydrogens is 330 g/mol. The summed E-state index contributed by atoms with van der Waals surface area (Å²) >= 11 is 1.33. The first-order valence-corrected chi connectivity index (χ1v) is 8.78. The highest BCUT2D eigenvalue weighted by Gasteiger charge is 2.32. The van der Waals surface area contributed by atoms with Crippen LogP contribution in [0, 0.1) is 11.8 Å². The topological polar surface area (TPSA) is 103 Å². The molecule has 128 valence electrons. The molecule has 0 bridgehead atoms. The highest BCUT2D eigenvalue weighted by atomic mass is 32.1. The van der Waals surface area contributed by atoms with E-state index in [1.165, 1.54) is 16.2 Å². The number of hydrogen-bond acceptors (Lipinski definition) is 5. The van der Waals surface area contributed by atoms with Gasteiger partial charge in [0.2, 0.25) is 5.91 Å². The number of amides is 1. The number of nitrogens with one attached hydrogen (secondary N) is 1. The lowest BCUT2D eigenvalue weighted by Gasteiger charge is -2.29. The average molecular weight is 349 g/mol. The summed E-state index contributed by atoms with van der Waals surface area (Å²) < 4.78 is 0.573. The fourth-order valence-electron chi connectivity index (χ4n) is 3.25. The van der Waals surface area contributed by atoms with Gasteiger partial charge in [-0.05, 0) is 30.7 Å². The van der Waals surface area contributed by atoms with Crippen LogP contribution in [0.5, 0.6) is 0 Å². The first-order chi connectivity index (χ1) is 11.5. The SMILES string of the molecule is CN(Cc1nc2ccsc2c(=O)[nH]1)C(=O)C1CCCC(C(=O)O)C1. The molecule has 2 N–H and O–H groups in total. The zero-order chi connectivity index (χ0) is 17.3. The summed E-state index contributed by atoms with van der Waals surface area (Å²) in [5.41, 5.74) is 0.428. The Labute approximate surface area is 142 Å². The molecule has 1 amide bonds. The quantitative estimate of drug-likeness (QED) is 0.876. The molecule has 0 saturated heterocycles. The van der Waals surface area contributed by atoms with E-state index in [1.807, 2.05) is 0 Å². The number of fused-ring (bicyclic) bond motifs is 1. The minimum atomic E-state index is -0.830. The van der Waals surface area contributed by atoms with Crippen molar-refractivity contribution in [3.63, 3.8) is 0 Å². The van der Waals surface area contributed by atoms with Crippen molar-refractivity contribution in [3.8, 4) is 0 Å². The van der Waals surface area contributed by atoms with Gasteiger partial charge in [0, 0.05) is 13.0 Å². The maximum Gasteiger partial charge on any atom is 0.306 e. The van der Waals surface area contributed by atoms with Gasteiger partial charge in [0.05, 0.1) is 18.0 Å². The molecule has 0 radical (unpaired) electrons. The van der Waals surface area contributed by atoms with Crippen LogP contribution < -0.4 is 5.56 Å². The van der Waals surface area contributed by atoms with Gasteiger partial charge in [-0.3, -0.25) is 14.4 Å². The molecule has 1 aliphatic carbocycles. The number of carbonyl (C=O) groups excluding carboxylic acids is 1. The second-order valence-corrected chi connectivity index (χ2v) is 7.16. The molecule has 8 heteroatoms. The van der Waals surface area contributed by atoms with Gasteiger partial charge in [-0.25, -0.2) is 4.98 Å². The van der Waals surface area contributed by atoms with Gasteiger partial charge in [0.15, 0.2) is 0 Å². The van der Waals surface area contributed by atoms with E-state index in [0.717, 1.165) is 6.42 Å². The van der Waals surface area contributed by atoms with E-state index in [2.05, 4.69) is 9.97 Å². The van der Waals surface area contributed by atoms with Gasteiger partial charge in [0.25, 0.3) is 5.56 Å². The van der Waals surface area contributed by atoms with Crippen molar-refractivity contribution in [2.45, 2.75) is 32.2 Å². The molecule has 1 fully saturated rings. The van der Waals surface area contributed by atoms with Crippen molar-refractivity contribution < 1.29 is 14.7 Å². The monoisotopic (exact) mass is 349 g/mol. The molecule has 2 heterocycles. The number of hydrogen-bond donors (Lipinski definition) is 2. The second kappa shape index (κ2) is 6.72. The van der Waals surface area contributed by atoms with Crippen LogP contribution in [0.2, 0.25) is 0 Å². The number of nitrogens with zero attached hydrogens (tertiary/aromatic N) is 2. The predicted molar refractivity (Wildman–Crippen MR) is 89.8 cm³/mol. The van der Waals surface area contributed by atoms with E-state index < -0.39 is 11.9 Å². The molecule has 24 heavy (non-hydrogen) atoms. The maximum atomic E-state index is 12.6. The molecular formula is C16H19N3O4S. The van der Waals surface area contributed by atoms with E-state index in [4.69, 9.17) is 5.11 Å². The normalized spacial score (nSPS) is 20.9. The summed E-state index contributed by atoms with van der Waals surface area (Å²) in [4.78, 5) is 44.3. The van der Waals surface area contributed by atoms with Crippen LogP contribution in [0.1, 0.15) is 31.5 Å². The Morgan fingerprint density at radius 3 is 2.92 bits per heavy atom. The van der Waals surface area contributed by atoms with Gasteiger partial charge < -0.3 is 15.0 Å². The number of rotatable bonds is 4. The first-order valence-electron chi connectivity index (χ1n) is 7.90. The van der Waals surface area contributed by atoms with E-state index in [9.17, 15) is 14.4 Å². The van der Waals surface area contributed by atoms with Gasteiger partial charge in [-0.2, -0.15) is 0 Å². The predicted octanol–water partition coefficient (Wildman–Crippen LogP) is 1.83. The Kier molecular flexibility index (Phi) is 4.66. The van der Waals surface area contributed by atoms with Gasteiger partial charge in [-0.1, -0.05) is 6.42 Å². The lowest BCUT2D eigenvalue weighted by molar-refractivity contribution is -0.145. The summed E-state index contributed by atoms with van der Waals surface area (Å²) in [6, 6.07) is 1.78. The number of aromatic amines is 1. The van der Waals surface area contributed by atoms with Gasteiger partial charge in [0.1, 0.15) is 10.5 Å². The van der Waals surface area contributed by atoms with Crippen molar-refractivity contribution in [2.75, 3.05) is 7.05 Å². The van der Waals surface area contributed by atoms with Crippen molar-refractivity contribution in [1.29, 1.82) is 0 Å². The Balaban J connectivity index is 1.71. The molecule has 1 aliphatic rings. The fourth-order valence-corrected chi connectivity index (χ4v) is 3.97. The molecule has 3 rings (SSSR count). The highest BCUT2D eigenvalue weighted by molar-refractivity contribution is 7.17. The van der Waals surface area contributed by atoms with Crippen molar-refractivity contribution in [2.24, 2.45) is 11.8 Å². The van der Waals surface area contributed by atoms with Crippen molar-refractivity contribution >= 4 is 33.4 Å². The van der Waals surface area contributed by atoms with E-state index in [0.29, 0.717) is 35.3 Å². The van der Waals surface area contributed by atoms with Crippen LogP contribution >= 0.6 is 11.3 Å². The maximum absolute atomic E-state index is 12.6. The molecule has 2 aromatic rings. The number of carbonyl (C=O) groups is 2. The van der Waals surface area contributed by atoms with Crippen LogP contribution in [0.4, 0.5) is 0 Å². The van der Waals surface area contributed by atoms with E-state index in [1.54, 1.807) is 18.5 Å². The van der Waals surface area contributed by atoms with Gasteiger partial charge in [-0.15, -0.1) is 11.3 Å².